The van der Waals surface area contributed by atoms with Gasteiger partial charge in [0.05, 0.1) is 13.1 Å². The van der Waals surface area contributed by atoms with Gasteiger partial charge < -0.3 is 36.2 Å². The summed E-state index contributed by atoms with van der Waals surface area (Å²) in [5.74, 6) is 0. The summed E-state index contributed by atoms with van der Waals surface area (Å²) in [6, 6.07) is 0. The molecule has 0 aromatic rings. The molecule has 0 aliphatic rings. The molecule has 0 bridgehead atoms. The Morgan fingerprint density at radius 1 is 1.19 bits per heavy atom. The molecule has 0 spiro atoms. The molecule has 1 unspecified atom stereocenters. The Bertz CT molecular complexity index is 210. The van der Waals surface area contributed by atoms with Crippen molar-refractivity contribution in [3.05, 3.63) is 38.8 Å². The van der Waals surface area contributed by atoms with Crippen molar-refractivity contribution < 1.29 is 68.3 Å². The first-order chi connectivity index (χ1) is 8.33. The largest absolute Gasteiger partial charge is 0.469 e. The van der Waals surface area contributed by atoms with E-state index in [2.05, 4.69) is 47.7 Å². The maximum atomic E-state index is 5.26. The van der Waals surface area contributed by atoms with Crippen LogP contribution in [0.5, 0.6) is 0 Å². The minimum Gasteiger partial charge on any atom is -0.469 e. The molecule has 0 aliphatic heterocycles. The van der Waals surface area contributed by atoms with Gasteiger partial charge in [0.15, 0.2) is 0 Å². The summed E-state index contributed by atoms with van der Waals surface area (Å²) in [6.45, 7) is 26.0. The number of rotatable bonds is 5. The minimum absolute atomic E-state index is 0. The summed E-state index contributed by atoms with van der Waals surface area (Å²) < 4.78 is 0.772. The van der Waals surface area contributed by atoms with Gasteiger partial charge in [0.2, 0.25) is 0 Å². The van der Waals surface area contributed by atoms with E-state index in [9.17, 15) is 0 Å². The van der Waals surface area contributed by atoms with Crippen LogP contribution in [0.1, 0.15) is 55.9 Å². The van der Waals surface area contributed by atoms with Gasteiger partial charge in [0.1, 0.15) is 0 Å². The van der Waals surface area contributed by atoms with Crippen LogP contribution in [0.15, 0.2) is 12.2 Å². The quantitative estimate of drug-likeness (QED) is 0.224. The molecule has 0 heterocycles. The van der Waals surface area contributed by atoms with Crippen molar-refractivity contribution in [1.29, 1.82) is 0 Å². The van der Waals surface area contributed by atoms with Crippen molar-refractivity contribution in [3.8, 4) is 0 Å². The van der Waals surface area contributed by atoms with Gasteiger partial charge in [0, 0.05) is 69.2 Å². The summed E-state index contributed by atoms with van der Waals surface area (Å²) in [5.41, 5.74) is 0.297. The number of nitrogens with zero attached hydrogens (tertiary/aromatic N) is 1. The molecule has 1 atom stereocenters. The van der Waals surface area contributed by atoms with Gasteiger partial charge in [-0.05, 0) is 13.5 Å². The van der Waals surface area contributed by atoms with E-state index in [0.717, 1.165) is 24.1 Å². The van der Waals surface area contributed by atoms with Crippen molar-refractivity contribution in [3.63, 3.8) is 0 Å². The van der Waals surface area contributed by atoms with Crippen LogP contribution < -0.4 is 0 Å². The summed E-state index contributed by atoms with van der Waals surface area (Å²) in [5, 5.41) is 0. The Balaban J connectivity index is -0.0000000736. The van der Waals surface area contributed by atoms with E-state index in [1.165, 1.54) is 6.08 Å². The van der Waals surface area contributed by atoms with Gasteiger partial charge >= 0.3 is 0 Å². The van der Waals surface area contributed by atoms with Gasteiger partial charge in [-0.15, -0.1) is 0 Å². The number of hydrogen-bond donors (Lipinski definition) is 0. The molecule has 0 saturated carbocycles. The molecule has 0 saturated heterocycles. The van der Waals surface area contributed by atoms with Crippen molar-refractivity contribution in [2.45, 2.75) is 55.9 Å². The molecule has 1 radical (unpaired) electrons. The van der Waals surface area contributed by atoms with E-state index in [-0.39, 0.29) is 71.2 Å². The van der Waals surface area contributed by atoms with Gasteiger partial charge in [-0.2, -0.15) is 14.0 Å². The molecule has 0 aromatic heterocycles. The van der Waals surface area contributed by atoms with E-state index < -0.39 is 0 Å². The fourth-order valence-electron chi connectivity index (χ4n) is 1.60. The third-order valence-electron chi connectivity index (χ3n) is 2.12. The number of likely N-dealkylation sites (N-methyl/N-ethyl adjacent to an activating group) is 1. The summed E-state index contributed by atoms with van der Waals surface area (Å²) in [6.07, 6.45) is 6.42. The molecule has 0 amide bonds. The second-order valence-corrected chi connectivity index (χ2v) is 5.10. The predicted molar refractivity (Wildman–Crippen MR) is 91.1 cm³/mol. The Kier molecular flexibility index (Phi) is 43.5. The standard InChI is InChI=1S/C13H23N.C2H6.C2H5.CH4.U.Y/c1-7-9-10-11-14(6,8-2)12-13(3,4)5;2*1-2;;;/h1,7,9H,6,8,11-12H2,2-5H3;1-2H3;1H2,2H3;1H4;;/q-2;;-1;;;. The van der Waals surface area contributed by atoms with Crippen molar-refractivity contribution in [2.24, 2.45) is 5.41 Å². The van der Waals surface area contributed by atoms with E-state index >= 15 is 0 Å². The van der Waals surface area contributed by atoms with Gasteiger partial charge in [-0.1, -0.05) is 42.0 Å². The normalized spacial score (nSPS) is 11.9. The number of allylic oxidation sites excluding steroid dienone is 2. The molecule has 21 heavy (non-hydrogen) atoms. The first-order valence-corrected chi connectivity index (χ1v) is 6.84. The third kappa shape index (κ3) is 30.1. The fraction of sp³-hybridized carbons (Fsp3) is 0.667. The number of quaternary nitrogens is 1. The van der Waals surface area contributed by atoms with Gasteiger partial charge in [-0.25, -0.2) is 0 Å². The Hall–Kier alpha value is 1.60. The molecular formula is C18H38NUY-3. The molecule has 0 aliphatic carbocycles. The third-order valence-corrected chi connectivity index (χ3v) is 2.12. The molecule has 3 heteroatoms. The van der Waals surface area contributed by atoms with Crippen LogP contribution in [0, 0.1) is 63.2 Å². The predicted octanol–water partition coefficient (Wildman–Crippen LogP) is 5.51. The Morgan fingerprint density at radius 2 is 1.57 bits per heavy atom. The van der Waals surface area contributed by atoms with Crippen LogP contribution in [0.2, 0.25) is 0 Å². The zero-order chi connectivity index (χ0) is 15.2. The van der Waals surface area contributed by atoms with Crippen LogP contribution >= 0.6 is 0 Å². The van der Waals surface area contributed by atoms with Crippen LogP contribution in [-0.4, -0.2) is 24.1 Å². The smallest absolute Gasteiger partial charge is 0.0585 e. The van der Waals surface area contributed by atoms with Crippen LogP contribution in [0.4, 0.5) is 0 Å². The molecule has 0 N–H and O–H groups in total. The first-order valence-electron chi connectivity index (χ1n) is 6.84. The van der Waals surface area contributed by atoms with Crippen molar-refractivity contribution in [2.75, 3.05) is 19.6 Å². The van der Waals surface area contributed by atoms with Gasteiger partial charge in [-0.3, -0.25) is 0 Å². The van der Waals surface area contributed by atoms with Crippen LogP contribution in [0.3, 0.4) is 0 Å². The zero-order valence-electron chi connectivity index (χ0n) is 14.8. The summed E-state index contributed by atoms with van der Waals surface area (Å²) >= 11 is 0. The van der Waals surface area contributed by atoms with E-state index in [0.29, 0.717) is 5.41 Å². The molecule has 125 valence electrons. The summed E-state index contributed by atoms with van der Waals surface area (Å²) in [4.78, 5) is 0. The van der Waals surface area contributed by atoms with Crippen molar-refractivity contribution in [1.82, 2.24) is 0 Å². The average Bonchev–Trinajstić information content (AvgIpc) is 2.32. The van der Waals surface area contributed by atoms with E-state index in [1.54, 1.807) is 13.0 Å². The number of hydrogen-bond acceptors (Lipinski definition) is 0. The van der Waals surface area contributed by atoms with E-state index in [1.807, 2.05) is 13.8 Å². The SMILES string of the molecule is C.CC.[CH-]=CC=[C-]C[N+]([CH2-])(CC)CC(C)(C)C.[CH2-]C.[U].[Y]. The molecule has 0 aromatic carbocycles. The zero-order valence-corrected chi connectivity index (χ0v) is 21.8. The Labute approximate surface area is 186 Å². The fourth-order valence-corrected chi connectivity index (χ4v) is 1.60. The maximum Gasteiger partial charge on any atom is 0.0585 e. The minimum atomic E-state index is 0. The van der Waals surface area contributed by atoms with Crippen LogP contribution in [-0.2, 0) is 32.7 Å². The van der Waals surface area contributed by atoms with Crippen LogP contribution in [0.25, 0.3) is 0 Å². The Morgan fingerprint density at radius 3 is 1.81 bits per heavy atom. The van der Waals surface area contributed by atoms with Gasteiger partial charge in [0.25, 0.3) is 0 Å². The molecule has 0 rings (SSSR count). The monoisotopic (exact) mass is 595 g/mol. The maximum absolute atomic E-state index is 5.26. The topological polar surface area (TPSA) is 0 Å². The second kappa shape index (κ2) is 23.9. The second-order valence-electron chi connectivity index (χ2n) is 5.10. The average molecular weight is 595 g/mol. The van der Waals surface area contributed by atoms with E-state index in [4.69, 9.17) is 6.58 Å². The molecule has 0 fully saturated rings. The molecular weight excluding hydrogens is 557 g/mol. The van der Waals surface area contributed by atoms with Crippen molar-refractivity contribution >= 4 is 0 Å². The molecule has 1 nitrogen and oxygen atoms in total. The first kappa shape index (κ1) is 38.3. The summed E-state index contributed by atoms with van der Waals surface area (Å²) in [7, 11) is 4.25.